The van der Waals surface area contributed by atoms with Gasteiger partial charge in [0.2, 0.25) is 0 Å². The number of rotatable bonds is 28. The summed E-state index contributed by atoms with van der Waals surface area (Å²) in [5, 5.41) is 0. The first kappa shape index (κ1) is 36.1. The Morgan fingerprint density at radius 3 is 2.18 bits per heavy atom. The summed E-state index contributed by atoms with van der Waals surface area (Å²) in [4.78, 5) is 53.6. The molecular formula is C23H41O14P. The third kappa shape index (κ3) is 24.4. The highest BCUT2D eigenvalue weighted by Gasteiger charge is 2.24. The van der Waals surface area contributed by atoms with Gasteiger partial charge in [-0.25, -0.2) is 4.57 Å². The molecule has 0 spiro atoms. The maximum atomic E-state index is 11.8. The molecule has 0 aliphatic carbocycles. The van der Waals surface area contributed by atoms with Gasteiger partial charge in [0.05, 0.1) is 33.0 Å². The summed E-state index contributed by atoms with van der Waals surface area (Å²) in [6.07, 6.45) is 0.812. The number of hydrogen-bond donors (Lipinski definition) is 1. The number of hydrogen-bond acceptors (Lipinski definition) is 13. The molecule has 2 atom stereocenters. The quantitative estimate of drug-likeness (QED) is 0.0469. The van der Waals surface area contributed by atoms with E-state index in [1.165, 1.54) is 0 Å². The third-order valence-corrected chi connectivity index (χ3v) is 5.50. The Labute approximate surface area is 223 Å². The number of Topliss-reactive ketones (excluding diaryl/α,β-unsaturated/α-hetero) is 1. The number of carbonyl (C=O) groups excluding carboxylic acids is 4. The number of carbonyl (C=O) groups is 4. The first-order chi connectivity index (χ1) is 18.2. The molecule has 0 radical (unpaired) electrons. The van der Waals surface area contributed by atoms with E-state index in [1.807, 2.05) is 0 Å². The number of ether oxygens (including phenoxy) is 6. The van der Waals surface area contributed by atoms with E-state index in [1.54, 1.807) is 0 Å². The van der Waals surface area contributed by atoms with Crippen molar-refractivity contribution in [1.29, 1.82) is 0 Å². The molecule has 0 aliphatic heterocycles. The second-order valence-electron chi connectivity index (χ2n) is 8.31. The van der Waals surface area contributed by atoms with Gasteiger partial charge in [-0.3, -0.25) is 28.2 Å². The van der Waals surface area contributed by atoms with E-state index < -0.39 is 26.5 Å². The average Bonchev–Trinajstić information content (AvgIpc) is 2.87. The number of ketones is 1. The Morgan fingerprint density at radius 2 is 1.50 bits per heavy atom. The van der Waals surface area contributed by atoms with Crippen LogP contribution < -0.4 is 0 Å². The molecule has 0 aliphatic rings. The van der Waals surface area contributed by atoms with Crippen molar-refractivity contribution in [2.75, 3.05) is 66.1 Å². The van der Waals surface area contributed by atoms with Crippen LogP contribution in [0.5, 0.6) is 0 Å². The van der Waals surface area contributed by atoms with Gasteiger partial charge in [-0.15, -0.1) is 0 Å². The van der Waals surface area contributed by atoms with Gasteiger partial charge < -0.3 is 33.3 Å². The predicted molar refractivity (Wildman–Crippen MR) is 131 cm³/mol. The van der Waals surface area contributed by atoms with Gasteiger partial charge in [-0.2, -0.15) is 0 Å². The largest absolute Gasteiger partial charge is 0.472 e. The molecule has 222 valence electrons. The van der Waals surface area contributed by atoms with Crippen LogP contribution in [-0.2, 0) is 61.2 Å². The summed E-state index contributed by atoms with van der Waals surface area (Å²) >= 11 is 0. The van der Waals surface area contributed by atoms with E-state index >= 15 is 0 Å². The monoisotopic (exact) mass is 572 g/mol. The van der Waals surface area contributed by atoms with Crippen LogP contribution in [0.3, 0.4) is 0 Å². The van der Waals surface area contributed by atoms with Crippen LogP contribution in [0.1, 0.15) is 46.0 Å². The molecule has 15 heteroatoms. The van der Waals surface area contributed by atoms with Crippen molar-refractivity contribution in [1.82, 2.24) is 0 Å². The molecule has 0 aromatic rings. The fourth-order valence-corrected chi connectivity index (χ4v) is 3.31. The highest BCUT2D eigenvalue weighted by molar-refractivity contribution is 7.47. The molecular weight excluding hydrogens is 531 g/mol. The van der Waals surface area contributed by atoms with Crippen LogP contribution in [0.15, 0.2) is 0 Å². The lowest BCUT2D eigenvalue weighted by Crippen LogP contribution is -2.24. The highest BCUT2D eigenvalue weighted by atomic mass is 31.2. The molecule has 0 saturated carbocycles. The van der Waals surface area contributed by atoms with Gasteiger partial charge in [0.25, 0.3) is 12.9 Å². The van der Waals surface area contributed by atoms with E-state index in [9.17, 15) is 28.6 Å². The number of phosphoric acid groups is 1. The van der Waals surface area contributed by atoms with Crippen LogP contribution in [0.25, 0.3) is 0 Å². The van der Waals surface area contributed by atoms with Crippen molar-refractivity contribution in [3.05, 3.63) is 0 Å². The van der Waals surface area contributed by atoms with E-state index in [0.717, 1.165) is 6.42 Å². The molecule has 1 N–H and O–H groups in total. The Balaban J connectivity index is 3.68. The summed E-state index contributed by atoms with van der Waals surface area (Å²) in [5.74, 6) is -0.0516. The minimum Gasteiger partial charge on any atom is -0.464 e. The van der Waals surface area contributed by atoms with Crippen LogP contribution in [0.4, 0.5) is 0 Å². The smallest absolute Gasteiger partial charge is 0.464 e. The summed E-state index contributed by atoms with van der Waals surface area (Å²) in [6, 6.07) is 0. The maximum absolute atomic E-state index is 11.8. The minimum absolute atomic E-state index is 0.0462. The van der Waals surface area contributed by atoms with Crippen LogP contribution >= 0.6 is 7.82 Å². The fraction of sp³-hybridized carbons (Fsp3) is 0.826. The molecule has 2 unspecified atom stereocenters. The van der Waals surface area contributed by atoms with Gasteiger partial charge in [-0.1, -0.05) is 13.8 Å². The lowest BCUT2D eigenvalue weighted by molar-refractivity contribution is -0.145. The van der Waals surface area contributed by atoms with Crippen LogP contribution in [0, 0.1) is 5.92 Å². The molecule has 0 aromatic heterocycles. The zero-order chi connectivity index (χ0) is 28.5. The van der Waals surface area contributed by atoms with Gasteiger partial charge in [0, 0.05) is 26.1 Å². The zero-order valence-electron chi connectivity index (χ0n) is 22.1. The second kappa shape index (κ2) is 24.1. The summed E-state index contributed by atoms with van der Waals surface area (Å²) in [5.41, 5.74) is 0. The van der Waals surface area contributed by atoms with Crippen molar-refractivity contribution in [2.45, 2.75) is 52.1 Å². The van der Waals surface area contributed by atoms with Gasteiger partial charge >= 0.3 is 13.8 Å². The molecule has 14 nitrogen and oxygen atoms in total. The van der Waals surface area contributed by atoms with E-state index in [4.69, 9.17) is 23.5 Å². The third-order valence-electron chi connectivity index (χ3n) is 4.51. The zero-order valence-corrected chi connectivity index (χ0v) is 23.0. The molecule has 0 rings (SSSR count). The van der Waals surface area contributed by atoms with Crippen molar-refractivity contribution in [3.8, 4) is 0 Å². The molecule has 0 heterocycles. The summed E-state index contributed by atoms with van der Waals surface area (Å²) < 4.78 is 51.1. The predicted octanol–water partition coefficient (Wildman–Crippen LogP) is 1.60. The Bertz CT molecular complexity index is 687. The fourth-order valence-electron chi connectivity index (χ4n) is 2.52. The van der Waals surface area contributed by atoms with Crippen LogP contribution in [-0.4, -0.2) is 102 Å². The van der Waals surface area contributed by atoms with Crippen molar-refractivity contribution >= 4 is 32.5 Å². The summed E-state index contributed by atoms with van der Waals surface area (Å²) in [6.45, 7) is 5.38. The topological polar surface area (TPSA) is 179 Å². The Morgan fingerprint density at radius 1 is 0.816 bits per heavy atom. The van der Waals surface area contributed by atoms with E-state index in [2.05, 4.69) is 27.8 Å². The Hall–Kier alpha value is -1.93. The maximum Gasteiger partial charge on any atom is 0.472 e. The highest BCUT2D eigenvalue weighted by Crippen LogP contribution is 2.43. The van der Waals surface area contributed by atoms with Crippen molar-refractivity contribution < 1.29 is 66.1 Å². The molecule has 0 bridgehead atoms. The standard InChI is InChI=1S/C23H41O14P/c1-20(2)7-10-31-12-11-30-8-3-5-21(26)15-32-13-14-34-23(27)6-4-9-36-38(28,29)37-17-22(35-19-25)16-33-18-24/h18-20,22H,3-17H2,1-2H3,(H,28,29). The first-order valence-electron chi connectivity index (χ1n) is 12.4. The molecule has 38 heavy (non-hydrogen) atoms. The summed E-state index contributed by atoms with van der Waals surface area (Å²) in [7, 11) is -4.48. The normalized spacial score (nSPS) is 13.5. The minimum atomic E-state index is -4.48. The molecule has 0 fully saturated rings. The first-order valence-corrected chi connectivity index (χ1v) is 13.9. The van der Waals surface area contributed by atoms with Gasteiger partial charge in [0.15, 0.2) is 11.9 Å². The second-order valence-corrected chi connectivity index (χ2v) is 9.76. The Kier molecular flexibility index (Phi) is 22.9. The van der Waals surface area contributed by atoms with E-state index in [0.29, 0.717) is 45.2 Å². The number of phosphoric ester groups is 1. The lowest BCUT2D eigenvalue weighted by atomic mass is 10.1. The number of esters is 1. The van der Waals surface area contributed by atoms with Crippen molar-refractivity contribution in [3.63, 3.8) is 0 Å². The molecule has 0 saturated heterocycles. The van der Waals surface area contributed by atoms with Gasteiger partial charge in [0.1, 0.15) is 19.8 Å². The SMILES string of the molecule is CC(C)CCOCCOCCCC(=O)COCCOC(=O)CCCOP(=O)(O)OCC(COC=O)OC=O. The van der Waals surface area contributed by atoms with E-state index in [-0.39, 0.29) is 64.6 Å². The van der Waals surface area contributed by atoms with Crippen molar-refractivity contribution in [2.24, 2.45) is 5.92 Å². The lowest BCUT2D eigenvalue weighted by Gasteiger charge is -2.16. The van der Waals surface area contributed by atoms with Crippen LogP contribution in [0.2, 0.25) is 0 Å². The molecule has 0 amide bonds. The molecule has 0 aromatic carbocycles. The van der Waals surface area contributed by atoms with Gasteiger partial charge in [-0.05, 0) is 25.2 Å². The average molecular weight is 573 g/mol.